The second-order valence-corrected chi connectivity index (χ2v) is 3.61. The van der Waals surface area contributed by atoms with E-state index in [2.05, 4.69) is 10.9 Å². The van der Waals surface area contributed by atoms with E-state index in [9.17, 15) is 0 Å². The average molecular weight is 256 g/mol. The number of hydrogen-bond acceptors (Lipinski definition) is 4. The van der Waals surface area contributed by atoms with Crippen LogP contribution in [0.1, 0.15) is 47.5 Å². The van der Waals surface area contributed by atoms with Crippen molar-refractivity contribution >= 4 is 0 Å². The van der Waals surface area contributed by atoms with Crippen LogP contribution in [0, 0.1) is 0 Å². The van der Waals surface area contributed by atoms with E-state index in [0.717, 1.165) is 30.9 Å². The van der Waals surface area contributed by atoms with Gasteiger partial charge in [-0.25, -0.2) is 0 Å². The van der Waals surface area contributed by atoms with Gasteiger partial charge in [-0.2, -0.15) is 0 Å². The third kappa shape index (κ3) is 6.55. The molecular formula is C14H28N2O2. The Kier molecular flexibility index (Phi) is 10.3. The van der Waals surface area contributed by atoms with Crippen LogP contribution in [0.25, 0.3) is 0 Å². The third-order valence-electron chi connectivity index (χ3n) is 2.30. The van der Waals surface area contributed by atoms with Crippen LogP contribution in [0.4, 0.5) is 0 Å². The SMILES string of the molecule is CC.CC.CC1=CNNC(OCC2CCCO2)=C1. The van der Waals surface area contributed by atoms with Gasteiger partial charge in [-0.15, -0.1) is 0 Å². The summed E-state index contributed by atoms with van der Waals surface area (Å²) in [6, 6.07) is 0. The molecule has 2 aliphatic heterocycles. The second-order valence-electron chi connectivity index (χ2n) is 3.61. The molecule has 1 saturated heterocycles. The van der Waals surface area contributed by atoms with E-state index in [4.69, 9.17) is 9.47 Å². The molecule has 0 aliphatic carbocycles. The number of hydrazine groups is 1. The smallest absolute Gasteiger partial charge is 0.205 e. The second kappa shape index (κ2) is 11.0. The first-order chi connectivity index (χ1) is 8.84. The molecule has 1 unspecified atom stereocenters. The molecule has 1 fully saturated rings. The highest BCUT2D eigenvalue weighted by Crippen LogP contribution is 2.13. The quantitative estimate of drug-likeness (QED) is 0.814. The maximum atomic E-state index is 5.56. The van der Waals surface area contributed by atoms with Gasteiger partial charge in [0, 0.05) is 18.9 Å². The van der Waals surface area contributed by atoms with Crippen molar-refractivity contribution in [2.24, 2.45) is 0 Å². The molecule has 4 heteroatoms. The van der Waals surface area contributed by atoms with Crippen LogP contribution in [-0.2, 0) is 9.47 Å². The molecule has 0 aromatic carbocycles. The molecule has 0 aromatic heterocycles. The molecule has 0 radical (unpaired) electrons. The summed E-state index contributed by atoms with van der Waals surface area (Å²) in [5.41, 5.74) is 6.99. The Labute approximate surface area is 111 Å². The van der Waals surface area contributed by atoms with Crippen LogP contribution >= 0.6 is 0 Å². The van der Waals surface area contributed by atoms with E-state index >= 15 is 0 Å². The third-order valence-corrected chi connectivity index (χ3v) is 2.30. The number of hydrogen-bond donors (Lipinski definition) is 2. The predicted molar refractivity (Wildman–Crippen MR) is 75.7 cm³/mol. The van der Waals surface area contributed by atoms with Crippen molar-refractivity contribution in [1.82, 2.24) is 10.9 Å². The van der Waals surface area contributed by atoms with Crippen LogP contribution in [0.2, 0.25) is 0 Å². The Morgan fingerprint density at radius 1 is 1.33 bits per heavy atom. The fourth-order valence-corrected chi connectivity index (χ4v) is 1.54. The van der Waals surface area contributed by atoms with Crippen molar-refractivity contribution in [2.75, 3.05) is 13.2 Å². The first-order valence-electron chi connectivity index (χ1n) is 6.99. The lowest BCUT2D eigenvalue weighted by Crippen LogP contribution is -2.31. The number of ether oxygens (including phenoxy) is 2. The standard InChI is InChI=1S/C10H16N2O2.2C2H6/c1-8-5-10(12-11-6-8)14-7-9-3-2-4-13-9;2*1-2/h5-6,9,11-12H,2-4,7H2,1H3;2*1-2H3. The maximum Gasteiger partial charge on any atom is 0.205 e. The van der Waals surface area contributed by atoms with Gasteiger partial charge in [-0.1, -0.05) is 27.7 Å². The van der Waals surface area contributed by atoms with E-state index in [1.807, 2.05) is 46.9 Å². The fraction of sp³-hybridized carbons (Fsp3) is 0.714. The van der Waals surface area contributed by atoms with Crippen molar-refractivity contribution in [3.8, 4) is 0 Å². The zero-order valence-corrected chi connectivity index (χ0v) is 12.4. The van der Waals surface area contributed by atoms with Gasteiger partial charge < -0.3 is 14.9 Å². The zero-order valence-electron chi connectivity index (χ0n) is 12.4. The van der Waals surface area contributed by atoms with Crippen molar-refractivity contribution in [3.05, 3.63) is 23.7 Å². The monoisotopic (exact) mass is 256 g/mol. The molecule has 1 atom stereocenters. The molecule has 2 heterocycles. The Hall–Kier alpha value is -1.16. The minimum atomic E-state index is 0.268. The first kappa shape index (κ1) is 16.8. The van der Waals surface area contributed by atoms with Crippen LogP contribution in [-0.4, -0.2) is 19.3 Å². The Morgan fingerprint density at radius 2 is 2.06 bits per heavy atom. The maximum absolute atomic E-state index is 5.56. The van der Waals surface area contributed by atoms with E-state index in [-0.39, 0.29) is 6.10 Å². The minimum Gasteiger partial charge on any atom is -0.475 e. The van der Waals surface area contributed by atoms with Crippen LogP contribution in [0.15, 0.2) is 23.7 Å². The van der Waals surface area contributed by atoms with Gasteiger partial charge in [0.05, 0.1) is 6.10 Å². The molecular weight excluding hydrogens is 228 g/mol. The molecule has 0 aromatic rings. The fourth-order valence-electron chi connectivity index (χ4n) is 1.54. The molecule has 106 valence electrons. The van der Waals surface area contributed by atoms with E-state index in [1.165, 1.54) is 0 Å². The zero-order chi connectivity index (χ0) is 13.8. The van der Waals surface area contributed by atoms with E-state index in [1.54, 1.807) is 0 Å². The highest BCUT2D eigenvalue weighted by Gasteiger charge is 2.16. The summed E-state index contributed by atoms with van der Waals surface area (Å²) in [6.45, 7) is 11.5. The van der Waals surface area contributed by atoms with Crippen molar-refractivity contribution in [2.45, 2.75) is 53.6 Å². The number of allylic oxidation sites excluding steroid dienone is 2. The Balaban J connectivity index is 0.000000659. The summed E-state index contributed by atoms with van der Waals surface area (Å²) in [7, 11) is 0. The van der Waals surface area contributed by atoms with Gasteiger partial charge in [0.25, 0.3) is 0 Å². The normalized spacial score (nSPS) is 20.8. The highest BCUT2D eigenvalue weighted by molar-refractivity contribution is 5.20. The molecule has 0 spiro atoms. The van der Waals surface area contributed by atoms with Crippen LogP contribution in [0.5, 0.6) is 0 Å². The highest BCUT2D eigenvalue weighted by atomic mass is 16.5. The summed E-state index contributed by atoms with van der Waals surface area (Å²) in [4.78, 5) is 0. The molecule has 2 aliphatic rings. The molecule has 2 N–H and O–H groups in total. The molecule has 0 amide bonds. The Morgan fingerprint density at radius 3 is 2.61 bits per heavy atom. The lowest BCUT2D eigenvalue weighted by molar-refractivity contribution is 0.0368. The predicted octanol–water partition coefficient (Wildman–Crippen LogP) is 3.09. The lowest BCUT2D eigenvalue weighted by Gasteiger charge is -2.18. The average Bonchev–Trinajstić information content (AvgIpc) is 2.94. The van der Waals surface area contributed by atoms with Crippen molar-refractivity contribution in [3.63, 3.8) is 0 Å². The van der Waals surface area contributed by atoms with Gasteiger partial charge in [0.1, 0.15) is 6.61 Å². The van der Waals surface area contributed by atoms with Crippen molar-refractivity contribution < 1.29 is 9.47 Å². The summed E-state index contributed by atoms with van der Waals surface area (Å²) in [5, 5.41) is 0. The minimum absolute atomic E-state index is 0.268. The van der Waals surface area contributed by atoms with Gasteiger partial charge >= 0.3 is 0 Å². The molecule has 2 rings (SSSR count). The van der Waals surface area contributed by atoms with Gasteiger partial charge in [0.2, 0.25) is 5.88 Å². The molecule has 18 heavy (non-hydrogen) atoms. The first-order valence-corrected chi connectivity index (χ1v) is 6.99. The lowest BCUT2D eigenvalue weighted by atomic mass is 10.2. The molecule has 0 saturated carbocycles. The summed E-state index contributed by atoms with van der Waals surface area (Å²) < 4.78 is 11.0. The van der Waals surface area contributed by atoms with Gasteiger partial charge in [-0.05, 0) is 25.3 Å². The van der Waals surface area contributed by atoms with Gasteiger partial charge in [-0.3, -0.25) is 5.43 Å². The number of rotatable bonds is 3. The van der Waals surface area contributed by atoms with Crippen LogP contribution < -0.4 is 10.9 Å². The summed E-state index contributed by atoms with van der Waals surface area (Å²) >= 11 is 0. The molecule has 4 nitrogen and oxygen atoms in total. The summed E-state index contributed by atoms with van der Waals surface area (Å²) in [6.07, 6.45) is 6.38. The van der Waals surface area contributed by atoms with E-state index < -0.39 is 0 Å². The largest absolute Gasteiger partial charge is 0.475 e. The van der Waals surface area contributed by atoms with Crippen molar-refractivity contribution in [1.29, 1.82) is 0 Å². The van der Waals surface area contributed by atoms with Crippen LogP contribution in [0.3, 0.4) is 0 Å². The topological polar surface area (TPSA) is 42.5 Å². The molecule has 0 bridgehead atoms. The number of nitrogens with one attached hydrogen (secondary N) is 2. The Bertz CT molecular complexity index is 257. The van der Waals surface area contributed by atoms with E-state index in [0.29, 0.717) is 6.61 Å². The summed E-state index contributed by atoms with van der Waals surface area (Å²) in [5.74, 6) is 0.764. The van der Waals surface area contributed by atoms with Gasteiger partial charge in [0.15, 0.2) is 0 Å².